The zero-order valence-corrected chi connectivity index (χ0v) is 19.9. The number of hydrogen-bond acceptors (Lipinski definition) is 4. The molecule has 2 aromatic carbocycles. The zero-order valence-electron chi connectivity index (χ0n) is 18.3. The van der Waals surface area contributed by atoms with Crippen molar-refractivity contribution in [3.05, 3.63) is 84.0 Å². The molecule has 2 aliphatic rings. The predicted molar refractivity (Wildman–Crippen MR) is 125 cm³/mol. The Morgan fingerprint density at radius 2 is 0.938 bits per heavy atom. The lowest BCUT2D eigenvalue weighted by atomic mass is 9.97. The molecule has 0 fully saturated rings. The smallest absolute Gasteiger partial charge is 0.207 e. The predicted octanol–water partition coefficient (Wildman–Crippen LogP) is 3.64. The molecule has 6 nitrogen and oxygen atoms in total. The number of sulfonamides is 2. The summed E-state index contributed by atoms with van der Waals surface area (Å²) in [6.07, 6.45) is 8.48. The Morgan fingerprint density at radius 3 is 1.28 bits per heavy atom. The topological polar surface area (TPSA) is 74.8 Å². The second kappa shape index (κ2) is 8.94. The molecule has 0 N–H and O–H groups in total. The number of aryl methyl sites for hydroxylation is 2. The van der Waals surface area contributed by atoms with Crippen LogP contribution in [0.4, 0.5) is 0 Å². The highest BCUT2D eigenvalue weighted by atomic mass is 32.2. The summed E-state index contributed by atoms with van der Waals surface area (Å²) in [6, 6.07) is 12.6. The van der Waals surface area contributed by atoms with Gasteiger partial charge in [-0.25, -0.2) is 16.8 Å². The van der Waals surface area contributed by atoms with Gasteiger partial charge in [0.1, 0.15) is 0 Å². The molecule has 2 atom stereocenters. The van der Waals surface area contributed by atoms with E-state index in [-0.39, 0.29) is 22.9 Å². The van der Waals surface area contributed by atoms with Crippen LogP contribution in [0.5, 0.6) is 0 Å². The van der Waals surface area contributed by atoms with Gasteiger partial charge >= 0.3 is 0 Å². The van der Waals surface area contributed by atoms with Crippen molar-refractivity contribution in [2.75, 3.05) is 13.1 Å². The highest BCUT2D eigenvalue weighted by Gasteiger charge is 2.42. The van der Waals surface area contributed by atoms with Crippen molar-refractivity contribution >= 4 is 20.0 Å². The van der Waals surface area contributed by atoms with E-state index >= 15 is 0 Å². The highest BCUT2D eigenvalue weighted by Crippen LogP contribution is 2.32. The van der Waals surface area contributed by atoms with E-state index in [9.17, 15) is 16.8 Å². The van der Waals surface area contributed by atoms with Crippen molar-refractivity contribution in [1.82, 2.24) is 8.61 Å². The molecule has 0 spiro atoms. The van der Waals surface area contributed by atoms with Crippen LogP contribution < -0.4 is 0 Å². The molecule has 0 aliphatic carbocycles. The van der Waals surface area contributed by atoms with Gasteiger partial charge in [0, 0.05) is 25.2 Å². The second-order valence-corrected chi connectivity index (χ2v) is 12.1. The van der Waals surface area contributed by atoms with Crippen LogP contribution in [0.25, 0.3) is 0 Å². The van der Waals surface area contributed by atoms with Gasteiger partial charge in [-0.15, -0.1) is 0 Å². The molecule has 32 heavy (non-hydrogen) atoms. The lowest BCUT2D eigenvalue weighted by Gasteiger charge is -2.42. The maximum absolute atomic E-state index is 13.5. The maximum Gasteiger partial charge on any atom is 0.243 e. The lowest BCUT2D eigenvalue weighted by molar-refractivity contribution is 0.196. The third-order valence-electron chi connectivity index (χ3n) is 6.10. The summed E-state index contributed by atoms with van der Waals surface area (Å²) in [5.41, 5.74) is 1.96. The van der Waals surface area contributed by atoms with Gasteiger partial charge < -0.3 is 0 Å². The minimum absolute atomic E-state index is 0.222. The van der Waals surface area contributed by atoms with Crippen LogP contribution in [0, 0.1) is 13.8 Å². The van der Waals surface area contributed by atoms with E-state index in [4.69, 9.17) is 0 Å². The monoisotopic (exact) mass is 472 g/mol. The van der Waals surface area contributed by atoms with Crippen molar-refractivity contribution < 1.29 is 16.8 Å². The molecule has 170 valence electrons. The van der Waals surface area contributed by atoms with Crippen LogP contribution in [-0.4, -0.2) is 50.6 Å². The molecule has 0 saturated carbocycles. The fourth-order valence-electron chi connectivity index (χ4n) is 4.28. The first-order valence-corrected chi connectivity index (χ1v) is 13.6. The van der Waals surface area contributed by atoms with Gasteiger partial charge in [-0.05, 0) is 51.0 Å². The van der Waals surface area contributed by atoms with Gasteiger partial charge in [0.25, 0.3) is 0 Å². The Balaban J connectivity index is 1.72. The summed E-state index contributed by atoms with van der Waals surface area (Å²) in [6.45, 7) is 4.26. The van der Waals surface area contributed by atoms with Crippen molar-refractivity contribution in [1.29, 1.82) is 0 Å². The van der Waals surface area contributed by atoms with E-state index in [2.05, 4.69) is 0 Å². The van der Waals surface area contributed by atoms with Crippen LogP contribution >= 0.6 is 0 Å². The molecule has 8 heteroatoms. The average molecular weight is 473 g/mol. The van der Waals surface area contributed by atoms with Crippen molar-refractivity contribution in [3.8, 4) is 0 Å². The first kappa shape index (κ1) is 22.9. The van der Waals surface area contributed by atoms with Crippen LogP contribution in [0.3, 0.4) is 0 Å². The molecule has 2 aromatic rings. The van der Waals surface area contributed by atoms with Gasteiger partial charge in [-0.1, -0.05) is 59.7 Å². The first-order chi connectivity index (χ1) is 15.2. The minimum atomic E-state index is -3.78. The molecule has 2 heterocycles. The van der Waals surface area contributed by atoms with Crippen LogP contribution in [0.15, 0.2) is 82.6 Å². The van der Waals surface area contributed by atoms with E-state index in [1.54, 1.807) is 48.5 Å². The number of benzene rings is 2. The Bertz CT molecular complexity index is 1130. The van der Waals surface area contributed by atoms with Crippen LogP contribution in [-0.2, 0) is 20.0 Å². The van der Waals surface area contributed by atoms with Crippen molar-refractivity contribution in [2.45, 2.75) is 48.6 Å². The van der Waals surface area contributed by atoms with Gasteiger partial charge in [0.05, 0.1) is 9.79 Å². The third-order valence-corrected chi connectivity index (χ3v) is 9.91. The summed E-state index contributed by atoms with van der Waals surface area (Å²) in [5, 5.41) is 0. The summed E-state index contributed by atoms with van der Waals surface area (Å²) >= 11 is 0. The molecular formula is C24H28N2O4S2. The number of rotatable bonds is 5. The SMILES string of the molecule is Cc1ccc(S(=O)(=O)N2CC=CC[C@H]2[C@@H]2CC=CCN2S(=O)(=O)c2ccc(C)cc2)cc1. The Labute approximate surface area is 191 Å². The Morgan fingerprint density at radius 1 is 0.594 bits per heavy atom. The molecular weight excluding hydrogens is 444 g/mol. The quantitative estimate of drug-likeness (QED) is 0.623. The fraction of sp³-hybridized carbons (Fsp3) is 0.333. The second-order valence-electron chi connectivity index (χ2n) is 8.32. The van der Waals surface area contributed by atoms with Gasteiger partial charge in [-0.3, -0.25) is 0 Å². The van der Waals surface area contributed by atoms with E-state index in [1.807, 2.05) is 38.2 Å². The van der Waals surface area contributed by atoms with Crippen molar-refractivity contribution in [3.63, 3.8) is 0 Å². The Hall–Kier alpha value is -2.26. The van der Waals surface area contributed by atoms with E-state index in [0.29, 0.717) is 12.8 Å². The maximum atomic E-state index is 13.5. The van der Waals surface area contributed by atoms with E-state index in [0.717, 1.165) is 11.1 Å². The van der Waals surface area contributed by atoms with Gasteiger partial charge in [0.15, 0.2) is 0 Å². The molecule has 0 saturated heterocycles. The molecule has 0 radical (unpaired) electrons. The molecule has 0 bridgehead atoms. The van der Waals surface area contributed by atoms with Crippen LogP contribution in [0.2, 0.25) is 0 Å². The minimum Gasteiger partial charge on any atom is -0.207 e. The molecule has 2 aliphatic heterocycles. The van der Waals surface area contributed by atoms with Crippen LogP contribution in [0.1, 0.15) is 24.0 Å². The van der Waals surface area contributed by atoms with Gasteiger partial charge in [-0.2, -0.15) is 8.61 Å². The first-order valence-electron chi connectivity index (χ1n) is 10.7. The molecule has 0 unspecified atom stereocenters. The summed E-state index contributed by atoms with van der Waals surface area (Å²) in [7, 11) is -7.56. The van der Waals surface area contributed by atoms with E-state index < -0.39 is 32.1 Å². The molecule has 4 rings (SSSR count). The fourth-order valence-corrected chi connectivity index (χ4v) is 7.51. The zero-order chi connectivity index (χ0) is 22.9. The standard InChI is InChI=1S/C24H28N2O4S2/c1-19-9-13-21(14-10-19)31(27,28)25-17-5-3-7-23(25)24-8-4-6-18-26(24)32(29,30)22-15-11-20(2)12-16-22/h3-6,9-16,23-24H,7-8,17-18H2,1-2H3/t23-,24-/m0/s1. The normalized spacial score (nSPS) is 22.8. The molecule has 0 amide bonds. The molecule has 0 aromatic heterocycles. The van der Waals surface area contributed by atoms with Crippen molar-refractivity contribution in [2.24, 2.45) is 0 Å². The lowest BCUT2D eigenvalue weighted by Crippen LogP contribution is -2.56. The number of hydrogen-bond donors (Lipinski definition) is 0. The third kappa shape index (κ3) is 4.32. The largest absolute Gasteiger partial charge is 0.243 e. The average Bonchev–Trinajstić information content (AvgIpc) is 2.80. The summed E-state index contributed by atoms with van der Waals surface area (Å²) in [5.74, 6) is 0. The summed E-state index contributed by atoms with van der Waals surface area (Å²) < 4.78 is 57.0. The summed E-state index contributed by atoms with van der Waals surface area (Å²) in [4.78, 5) is 0.449. The van der Waals surface area contributed by atoms with E-state index in [1.165, 1.54) is 8.61 Å². The number of nitrogens with zero attached hydrogens (tertiary/aromatic N) is 2. The Kier molecular flexibility index (Phi) is 6.40. The highest BCUT2D eigenvalue weighted by molar-refractivity contribution is 7.89. The van der Waals surface area contributed by atoms with Gasteiger partial charge in [0.2, 0.25) is 20.0 Å².